The van der Waals surface area contributed by atoms with Gasteiger partial charge in [0, 0.05) is 31.6 Å². The number of anilines is 1. The molecule has 0 radical (unpaired) electrons. The van der Waals surface area contributed by atoms with Crippen molar-refractivity contribution in [1.29, 1.82) is 0 Å². The van der Waals surface area contributed by atoms with Crippen molar-refractivity contribution in [1.82, 2.24) is 15.1 Å². The van der Waals surface area contributed by atoms with Crippen molar-refractivity contribution >= 4 is 17.6 Å². The maximum atomic E-state index is 13.7. The predicted octanol–water partition coefficient (Wildman–Crippen LogP) is 4.22. The Morgan fingerprint density at radius 1 is 1.15 bits per heavy atom. The molecule has 1 fully saturated rings. The molecule has 3 atom stereocenters. The molecule has 2 heterocycles. The Morgan fingerprint density at radius 2 is 1.93 bits per heavy atom. The third-order valence-corrected chi connectivity index (χ3v) is 8.26. The molecule has 3 N–H and O–H groups in total. The van der Waals surface area contributed by atoms with Gasteiger partial charge in [-0.05, 0) is 56.6 Å². The fourth-order valence-electron chi connectivity index (χ4n) is 5.87. The van der Waals surface area contributed by atoms with Crippen LogP contribution in [0.25, 0.3) is 0 Å². The van der Waals surface area contributed by atoms with Gasteiger partial charge in [0.05, 0.1) is 23.9 Å². The number of nitrogens with zero attached hydrogens (tertiary/aromatic N) is 2. The Hall–Kier alpha value is -3.50. The molecule has 0 bridgehead atoms. The van der Waals surface area contributed by atoms with Gasteiger partial charge in [-0.15, -0.1) is 0 Å². The number of likely N-dealkylation sites (N-methyl/N-ethyl adjacent to an activating group) is 1. The Labute approximate surface area is 241 Å². The lowest BCUT2D eigenvalue weighted by Gasteiger charge is -2.38. The molecule has 0 aromatic heterocycles. The number of aliphatic hydroxyl groups excluding tert-OH is 1. The zero-order valence-corrected chi connectivity index (χ0v) is 24.2. The number of amides is 3. The van der Waals surface area contributed by atoms with Crippen molar-refractivity contribution in [2.24, 2.45) is 5.92 Å². The molecular weight excluding hydrogens is 524 g/mol. The number of hydrogen-bond acceptors (Lipinski definition) is 7. The number of benzene rings is 2. The first-order valence-electron chi connectivity index (χ1n) is 14.7. The van der Waals surface area contributed by atoms with Crippen LogP contribution < -0.4 is 24.8 Å². The summed E-state index contributed by atoms with van der Waals surface area (Å²) in [4.78, 5) is 30.6. The van der Waals surface area contributed by atoms with Crippen molar-refractivity contribution in [3.8, 4) is 17.2 Å². The van der Waals surface area contributed by atoms with E-state index in [-0.39, 0.29) is 49.4 Å². The molecule has 41 heavy (non-hydrogen) atoms. The van der Waals surface area contributed by atoms with E-state index in [0.29, 0.717) is 36.6 Å². The molecule has 10 heteroatoms. The van der Waals surface area contributed by atoms with Crippen LogP contribution in [0.1, 0.15) is 61.9 Å². The first-order valence-corrected chi connectivity index (χ1v) is 14.7. The number of fused-ring (bicyclic) bond motifs is 2. The highest BCUT2D eigenvalue weighted by molar-refractivity contribution is 6.01. The standard InChI is InChI=1S/C31H42N4O6/c1-20-15-35(21(2)18-36)30(37)24-10-7-11-25(33-31(38)32-23-8-5-4-6-9-23)29(24)41-28(20)17-34(3)16-22-12-13-26-27(14-22)40-19-39-26/h7,10-14,20-21,23,28,36H,4-6,8-9,15-19H2,1-3H3,(H2,32,33,38)/t20-,21-,28-/m0/s1. The summed E-state index contributed by atoms with van der Waals surface area (Å²) in [6, 6.07) is 10.7. The van der Waals surface area contributed by atoms with E-state index in [1.807, 2.05) is 32.2 Å². The highest BCUT2D eigenvalue weighted by Gasteiger charge is 2.35. The van der Waals surface area contributed by atoms with Crippen LogP contribution in [-0.2, 0) is 6.54 Å². The summed E-state index contributed by atoms with van der Waals surface area (Å²) in [7, 11) is 2.03. The molecule has 2 aliphatic heterocycles. The van der Waals surface area contributed by atoms with E-state index in [9.17, 15) is 14.7 Å². The maximum Gasteiger partial charge on any atom is 0.319 e. The number of rotatable bonds is 8. The first kappa shape index (κ1) is 29.0. The van der Waals surface area contributed by atoms with Gasteiger partial charge in [-0.3, -0.25) is 9.69 Å². The molecule has 5 rings (SSSR count). The Bertz CT molecular complexity index is 1230. The van der Waals surface area contributed by atoms with E-state index in [0.717, 1.165) is 42.7 Å². The zero-order valence-electron chi connectivity index (χ0n) is 24.2. The summed E-state index contributed by atoms with van der Waals surface area (Å²) in [6.45, 7) is 5.65. The van der Waals surface area contributed by atoms with Crippen molar-refractivity contribution < 1.29 is 28.9 Å². The van der Waals surface area contributed by atoms with Crippen molar-refractivity contribution in [2.45, 2.75) is 70.7 Å². The van der Waals surface area contributed by atoms with Gasteiger partial charge in [-0.1, -0.05) is 38.3 Å². The predicted molar refractivity (Wildman–Crippen MR) is 156 cm³/mol. The minimum Gasteiger partial charge on any atom is -0.486 e. The fourth-order valence-corrected chi connectivity index (χ4v) is 5.87. The largest absolute Gasteiger partial charge is 0.486 e. The van der Waals surface area contributed by atoms with E-state index in [2.05, 4.69) is 22.5 Å². The lowest BCUT2D eigenvalue weighted by atomic mass is 9.96. The van der Waals surface area contributed by atoms with Crippen LogP contribution in [0.4, 0.5) is 10.5 Å². The summed E-state index contributed by atoms with van der Waals surface area (Å²) in [5, 5.41) is 16.0. The average molecular weight is 567 g/mol. The van der Waals surface area contributed by atoms with Gasteiger partial charge in [0.15, 0.2) is 17.2 Å². The van der Waals surface area contributed by atoms with Gasteiger partial charge in [-0.25, -0.2) is 4.79 Å². The highest BCUT2D eigenvalue weighted by atomic mass is 16.7. The quantitative estimate of drug-likeness (QED) is 0.439. The second-order valence-corrected chi connectivity index (χ2v) is 11.6. The Morgan fingerprint density at radius 3 is 2.71 bits per heavy atom. The number of carbonyl (C=O) groups is 2. The Balaban J connectivity index is 1.38. The van der Waals surface area contributed by atoms with Crippen molar-refractivity contribution in [2.75, 3.05) is 38.9 Å². The van der Waals surface area contributed by atoms with Crippen LogP contribution in [0.2, 0.25) is 0 Å². The lowest BCUT2D eigenvalue weighted by molar-refractivity contribution is 0.0343. The van der Waals surface area contributed by atoms with Gasteiger partial charge < -0.3 is 34.9 Å². The minimum absolute atomic E-state index is 0.0515. The van der Waals surface area contributed by atoms with Crippen LogP contribution in [0.15, 0.2) is 36.4 Å². The lowest BCUT2D eigenvalue weighted by Crippen LogP contribution is -2.50. The number of nitrogens with one attached hydrogen (secondary N) is 2. The van der Waals surface area contributed by atoms with Crippen molar-refractivity contribution in [3.05, 3.63) is 47.5 Å². The maximum absolute atomic E-state index is 13.7. The molecule has 1 aliphatic carbocycles. The van der Waals surface area contributed by atoms with Gasteiger partial charge in [0.1, 0.15) is 6.10 Å². The minimum atomic E-state index is -0.367. The van der Waals surface area contributed by atoms with Gasteiger partial charge in [0.2, 0.25) is 6.79 Å². The van der Waals surface area contributed by atoms with Crippen LogP contribution in [0.5, 0.6) is 17.2 Å². The molecule has 0 spiro atoms. The molecule has 2 aromatic rings. The molecule has 0 saturated heterocycles. The summed E-state index contributed by atoms with van der Waals surface area (Å²) in [5.41, 5.74) is 1.91. The van der Waals surface area contributed by atoms with Crippen LogP contribution in [0.3, 0.4) is 0 Å². The number of urea groups is 1. The number of carbonyl (C=O) groups excluding carboxylic acids is 2. The van der Waals surface area contributed by atoms with Gasteiger partial charge >= 0.3 is 6.03 Å². The summed E-state index contributed by atoms with van der Waals surface area (Å²) >= 11 is 0. The second kappa shape index (κ2) is 13.0. The molecule has 10 nitrogen and oxygen atoms in total. The normalized spacial score (nSPS) is 21.5. The number of aliphatic hydroxyl groups is 1. The highest BCUT2D eigenvalue weighted by Crippen LogP contribution is 2.36. The van der Waals surface area contributed by atoms with E-state index in [1.54, 1.807) is 23.1 Å². The van der Waals surface area contributed by atoms with E-state index < -0.39 is 0 Å². The van der Waals surface area contributed by atoms with E-state index in [1.165, 1.54) is 6.42 Å². The average Bonchev–Trinajstić information content (AvgIpc) is 3.43. The zero-order chi connectivity index (χ0) is 28.9. The third-order valence-electron chi connectivity index (χ3n) is 8.26. The second-order valence-electron chi connectivity index (χ2n) is 11.6. The van der Waals surface area contributed by atoms with Gasteiger partial charge in [0.25, 0.3) is 5.91 Å². The van der Waals surface area contributed by atoms with E-state index >= 15 is 0 Å². The van der Waals surface area contributed by atoms with E-state index in [4.69, 9.17) is 14.2 Å². The molecule has 222 valence electrons. The molecular formula is C31H42N4O6. The van der Waals surface area contributed by atoms with Crippen molar-refractivity contribution in [3.63, 3.8) is 0 Å². The molecule has 0 unspecified atom stereocenters. The third kappa shape index (κ3) is 6.87. The van der Waals surface area contributed by atoms with Gasteiger partial charge in [-0.2, -0.15) is 0 Å². The summed E-state index contributed by atoms with van der Waals surface area (Å²) in [5.74, 6) is 1.58. The monoisotopic (exact) mass is 566 g/mol. The molecule has 2 aromatic carbocycles. The topological polar surface area (TPSA) is 113 Å². The smallest absolute Gasteiger partial charge is 0.319 e. The van der Waals surface area contributed by atoms with Crippen LogP contribution in [-0.4, -0.2) is 78.6 Å². The molecule has 1 saturated carbocycles. The SMILES string of the molecule is C[C@H]1CN([C@@H](C)CO)C(=O)c2cccc(NC(=O)NC3CCCCC3)c2O[C@H]1CN(C)Cc1ccc2c(c1)OCO2. The summed E-state index contributed by atoms with van der Waals surface area (Å²) < 4.78 is 17.6. The van der Waals surface area contributed by atoms with Crippen LogP contribution >= 0.6 is 0 Å². The molecule has 3 amide bonds. The molecule has 3 aliphatic rings. The van der Waals surface area contributed by atoms with Crippen LogP contribution in [0, 0.1) is 5.92 Å². The fraction of sp³-hybridized carbons (Fsp3) is 0.548. The number of hydrogen-bond donors (Lipinski definition) is 3. The Kier molecular flexibility index (Phi) is 9.19. The number of para-hydroxylation sites is 1. The number of ether oxygens (including phenoxy) is 3. The summed E-state index contributed by atoms with van der Waals surface area (Å²) in [6.07, 6.45) is 5.08. The first-order chi connectivity index (χ1) is 19.8.